The van der Waals surface area contributed by atoms with Gasteiger partial charge in [0.05, 0.1) is 22.0 Å². The highest BCUT2D eigenvalue weighted by atomic mass is 79.9. The predicted molar refractivity (Wildman–Crippen MR) is 86.8 cm³/mol. The lowest BCUT2D eigenvalue weighted by molar-refractivity contribution is 0.101. The van der Waals surface area contributed by atoms with E-state index in [0.29, 0.717) is 12.5 Å². The fourth-order valence-electron chi connectivity index (χ4n) is 2.52. The van der Waals surface area contributed by atoms with Crippen molar-refractivity contribution in [3.63, 3.8) is 0 Å². The number of hydrogen-bond acceptors (Lipinski definition) is 3. The van der Waals surface area contributed by atoms with Crippen LogP contribution < -0.4 is 5.32 Å². The number of rotatable bonds is 9. The van der Waals surface area contributed by atoms with E-state index in [1.54, 1.807) is 0 Å². The number of aliphatic hydroxyl groups is 1. The first-order chi connectivity index (χ1) is 9.58. The van der Waals surface area contributed by atoms with E-state index < -0.39 is 0 Å². The lowest BCUT2D eigenvalue weighted by Gasteiger charge is -2.20. The van der Waals surface area contributed by atoms with Gasteiger partial charge in [-0.25, -0.2) is 0 Å². The highest BCUT2D eigenvalue weighted by Crippen LogP contribution is 2.22. The molecule has 0 aliphatic rings. The van der Waals surface area contributed by atoms with Gasteiger partial charge < -0.3 is 10.4 Å². The number of aromatic nitrogens is 2. The standard InChI is InChI=1S/C15H28BrN3O/c1-5-11(6-2)14(20)10-17-9-13-15(16)12(7-3)18-19(13)8-4/h11,14,17,20H,5-10H2,1-4H3. The summed E-state index contributed by atoms with van der Waals surface area (Å²) in [4.78, 5) is 0. The monoisotopic (exact) mass is 345 g/mol. The van der Waals surface area contributed by atoms with E-state index in [1.807, 2.05) is 4.68 Å². The fraction of sp³-hybridized carbons (Fsp3) is 0.800. The zero-order valence-corrected chi connectivity index (χ0v) is 14.7. The number of nitrogens with zero attached hydrogens (tertiary/aromatic N) is 2. The Morgan fingerprint density at radius 3 is 2.40 bits per heavy atom. The van der Waals surface area contributed by atoms with Crippen LogP contribution in [0.2, 0.25) is 0 Å². The summed E-state index contributed by atoms with van der Waals surface area (Å²) in [5.41, 5.74) is 2.27. The second-order valence-electron chi connectivity index (χ2n) is 5.15. The molecule has 1 rings (SSSR count). The van der Waals surface area contributed by atoms with Crippen LogP contribution in [0.15, 0.2) is 4.47 Å². The van der Waals surface area contributed by atoms with Gasteiger partial charge in [-0.05, 0) is 35.2 Å². The molecule has 2 N–H and O–H groups in total. The summed E-state index contributed by atoms with van der Waals surface area (Å²) in [6.07, 6.45) is 2.70. The maximum absolute atomic E-state index is 10.1. The first-order valence-electron chi connectivity index (χ1n) is 7.71. The van der Waals surface area contributed by atoms with Crippen molar-refractivity contribution in [2.24, 2.45) is 5.92 Å². The van der Waals surface area contributed by atoms with Crippen molar-refractivity contribution >= 4 is 15.9 Å². The molecule has 0 aliphatic heterocycles. The summed E-state index contributed by atoms with van der Waals surface area (Å²) in [5.74, 6) is 0.383. The van der Waals surface area contributed by atoms with E-state index >= 15 is 0 Å². The molecule has 116 valence electrons. The van der Waals surface area contributed by atoms with Crippen molar-refractivity contribution in [3.8, 4) is 0 Å². The third kappa shape index (κ3) is 4.30. The normalized spacial score (nSPS) is 13.2. The second-order valence-corrected chi connectivity index (χ2v) is 5.94. The molecule has 0 radical (unpaired) electrons. The van der Waals surface area contributed by atoms with Crippen LogP contribution in [0.25, 0.3) is 0 Å². The Kier molecular flexibility index (Phi) is 7.77. The maximum Gasteiger partial charge on any atom is 0.0767 e. The van der Waals surface area contributed by atoms with Gasteiger partial charge in [0.15, 0.2) is 0 Å². The van der Waals surface area contributed by atoms with E-state index in [-0.39, 0.29) is 6.10 Å². The first kappa shape index (κ1) is 17.7. The minimum absolute atomic E-state index is 0.271. The summed E-state index contributed by atoms with van der Waals surface area (Å²) in [5, 5.41) is 18.1. The van der Waals surface area contributed by atoms with Gasteiger partial charge in [0, 0.05) is 19.6 Å². The van der Waals surface area contributed by atoms with Crippen molar-refractivity contribution in [3.05, 3.63) is 15.9 Å². The zero-order valence-electron chi connectivity index (χ0n) is 13.1. The molecule has 1 aromatic rings. The highest BCUT2D eigenvalue weighted by molar-refractivity contribution is 9.10. The molecule has 0 fully saturated rings. The third-order valence-electron chi connectivity index (χ3n) is 3.93. The number of aliphatic hydroxyl groups excluding tert-OH is 1. The lowest BCUT2D eigenvalue weighted by Crippen LogP contribution is -2.32. The van der Waals surface area contributed by atoms with E-state index in [4.69, 9.17) is 0 Å². The Morgan fingerprint density at radius 2 is 1.90 bits per heavy atom. The molecule has 1 aromatic heterocycles. The fourth-order valence-corrected chi connectivity index (χ4v) is 3.23. The quantitative estimate of drug-likeness (QED) is 0.722. The van der Waals surface area contributed by atoms with Crippen molar-refractivity contribution < 1.29 is 5.11 Å². The van der Waals surface area contributed by atoms with Crippen LogP contribution in [0.3, 0.4) is 0 Å². The van der Waals surface area contributed by atoms with Gasteiger partial charge in [-0.2, -0.15) is 5.10 Å². The zero-order chi connectivity index (χ0) is 15.1. The predicted octanol–water partition coefficient (Wildman–Crippen LogP) is 3.11. The molecule has 0 amide bonds. The van der Waals surface area contributed by atoms with Gasteiger partial charge in [0.25, 0.3) is 0 Å². The Balaban J connectivity index is 2.59. The summed E-state index contributed by atoms with van der Waals surface area (Å²) in [6, 6.07) is 0. The maximum atomic E-state index is 10.1. The SMILES string of the molecule is CCc1nn(CC)c(CNCC(O)C(CC)CC)c1Br. The number of hydrogen-bond donors (Lipinski definition) is 2. The van der Waals surface area contributed by atoms with Gasteiger partial charge in [-0.3, -0.25) is 4.68 Å². The van der Waals surface area contributed by atoms with Gasteiger partial charge in [0.2, 0.25) is 0 Å². The van der Waals surface area contributed by atoms with E-state index in [0.717, 1.165) is 42.5 Å². The van der Waals surface area contributed by atoms with Crippen molar-refractivity contribution in [1.29, 1.82) is 0 Å². The molecule has 1 unspecified atom stereocenters. The minimum Gasteiger partial charge on any atom is -0.392 e. The van der Waals surface area contributed by atoms with E-state index in [2.05, 4.69) is 54.0 Å². The molecular formula is C15H28BrN3O. The average molecular weight is 346 g/mol. The summed E-state index contributed by atoms with van der Waals surface area (Å²) >= 11 is 3.64. The number of halogens is 1. The molecule has 5 heteroatoms. The molecule has 1 heterocycles. The second kappa shape index (κ2) is 8.80. The van der Waals surface area contributed by atoms with Crippen molar-refractivity contribution in [2.45, 2.75) is 66.2 Å². The Hall–Kier alpha value is -0.390. The van der Waals surface area contributed by atoms with Crippen molar-refractivity contribution in [1.82, 2.24) is 15.1 Å². The molecule has 4 nitrogen and oxygen atoms in total. The lowest BCUT2D eigenvalue weighted by atomic mass is 9.96. The van der Waals surface area contributed by atoms with Gasteiger partial charge in [-0.15, -0.1) is 0 Å². The van der Waals surface area contributed by atoms with Gasteiger partial charge >= 0.3 is 0 Å². The van der Waals surface area contributed by atoms with Crippen LogP contribution in [0.4, 0.5) is 0 Å². The molecule has 20 heavy (non-hydrogen) atoms. The first-order valence-corrected chi connectivity index (χ1v) is 8.50. The van der Waals surface area contributed by atoms with Crippen LogP contribution in [0, 0.1) is 5.92 Å². The Labute approximate surface area is 131 Å². The molecule has 0 aromatic carbocycles. The van der Waals surface area contributed by atoms with Crippen LogP contribution in [0.1, 0.15) is 51.9 Å². The van der Waals surface area contributed by atoms with Crippen LogP contribution in [0.5, 0.6) is 0 Å². The number of aryl methyl sites for hydroxylation is 2. The van der Waals surface area contributed by atoms with E-state index in [9.17, 15) is 5.11 Å². The molecular weight excluding hydrogens is 318 g/mol. The molecule has 0 saturated heterocycles. The molecule has 0 bridgehead atoms. The Bertz CT molecular complexity index is 402. The van der Waals surface area contributed by atoms with Gasteiger partial charge in [0.1, 0.15) is 0 Å². The smallest absolute Gasteiger partial charge is 0.0767 e. The minimum atomic E-state index is -0.271. The highest BCUT2D eigenvalue weighted by Gasteiger charge is 2.17. The summed E-state index contributed by atoms with van der Waals surface area (Å²) < 4.78 is 3.13. The molecule has 1 atom stereocenters. The van der Waals surface area contributed by atoms with Crippen molar-refractivity contribution in [2.75, 3.05) is 6.54 Å². The number of nitrogens with one attached hydrogen (secondary N) is 1. The third-order valence-corrected chi connectivity index (χ3v) is 4.85. The van der Waals surface area contributed by atoms with E-state index in [1.165, 1.54) is 5.69 Å². The molecule has 0 saturated carbocycles. The topological polar surface area (TPSA) is 50.1 Å². The average Bonchev–Trinajstić information content (AvgIpc) is 2.76. The van der Waals surface area contributed by atoms with Crippen LogP contribution >= 0.6 is 15.9 Å². The largest absolute Gasteiger partial charge is 0.392 e. The molecule has 0 spiro atoms. The van der Waals surface area contributed by atoms with Crippen LogP contribution in [-0.2, 0) is 19.5 Å². The summed E-state index contributed by atoms with van der Waals surface area (Å²) in [6.45, 7) is 10.7. The Morgan fingerprint density at radius 1 is 1.25 bits per heavy atom. The summed E-state index contributed by atoms with van der Waals surface area (Å²) in [7, 11) is 0. The molecule has 0 aliphatic carbocycles. The van der Waals surface area contributed by atoms with Gasteiger partial charge in [-0.1, -0.05) is 33.6 Å². The van der Waals surface area contributed by atoms with Crippen LogP contribution in [-0.4, -0.2) is 27.5 Å².